The number of hydrogen-bond donors (Lipinski definition) is 1. The molecule has 0 aromatic heterocycles. The third-order valence-corrected chi connectivity index (χ3v) is 3.29. The summed E-state index contributed by atoms with van der Waals surface area (Å²) in [5.74, 6) is 0. The standard InChI is InChI=1S/C11H23N/c1-4-11(2,3)8-7-10-6-5-9-12-10/h10,12H,4-9H2,1-3H3. The van der Waals surface area contributed by atoms with Crippen LogP contribution in [-0.2, 0) is 0 Å². The van der Waals surface area contributed by atoms with Crippen LogP contribution in [0.25, 0.3) is 0 Å². The quantitative estimate of drug-likeness (QED) is 0.682. The summed E-state index contributed by atoms with van der Waals surface area (Å²) in [7, 11) is 0. The number of nitrogens with one attached hydrogen (secondary N) is 1. The van der Waals surface area contributed by atoms with Gasteiger partial charge in [0.25, 0.3) is 0 Å². The summed E-state index contributed by atoms with van der Waals surface area (Å²) in [5.41, 5.74) is 0.560. The monoisotopic (exact) mass is 169 g/mol. The Morgan fingerprint density at radius 1 is 1.42 bits per heavy atom. The smallest absolute Gasteiger partial charge is 0.00677 e. The second kappa shape index (κ2) is 4.27. The predicted octanol–water partition coefficient (Wildman–Crippen LogP) is 2.95. The Bertz CT molecular complexity index is 123. The molecule has 1 rings (SSSR count). The van der Waals surface area contributed by atoms with E-state index in [0.717, 1.165) is 6.04 Å². The summed E-state index contributed by atoms with van der Waals surface area (Å²) in [6.07, 6.45) is 6.85. The van der Waals surface area contributed by atoms with Crippen molar-refractivity contribution in [3.05, 3.63) is 0 Å². The molecule has 1 saturated heterocycles. The van der Waals surface area contributed by atoms with E-state index in [4.69, 9.17) is 0 Å². The van der Waals surface area contributed by atoms with Gasteiger partial charge in [-0.05, 0) is 37.6 Å². The molecule has 1 heteroatoms. The third-order valence-electron chi connectivity index (χ3n) is 3.29. The van der Waals surface area contributed by atoms with Crippen molar-refractivity contribution in [1.29, 1.82) is 0 Å². The van der Waals surface area contributed by atoms with Crippen LogP contribution in [0.5, 0.6) is 0 Å². The van der Waals surface area contributed by atoms with E-state index in [1.807, 2.05) is 0 Å². The Morgan fingerprint density at radius 2 is 2.17 bits per heavy atom. The van der Waals surface area contributed by atoms with E-state index >= 15 is 0 Å². The first kappa shape index (κ1) is 10.0. The van der Waals surface area contributed by atoms with Gasteiger partial charge in [-0.25, -0.2) is 0 Å². The fraction of sp³-hybridized carbons (Fsp3) is 1.00. The van der Waals surface area contributed by atoms with E-state index < -0.39 is 0 Å². The zero-order valence-electron chi connectivity index (χ0n) is 8.82. The molecule has 0 saturated carbocycles. The van der Waals surface area contributed by atoms with Gasteiger partial charge in [0.1, 0.15) is 0 Å². The largest absolute Gasteiger partial charge is 0.314 e. The molecule has 0 spiro atoms. The van der Waals surface area contributed by atoms with Crippen molar-refractivity contribution >= 4 is 0 Å². The Hall–Kier alpha value is -0.0400. The molecule has 0 aromatic rings. The van der Waals surface area contributed by atoms with Gasteiger partial charge in [-0.15, -0.1) is 0 Å². The molecule has 0 bridgehead atoms. The normalized spacial score (nSPS) is 24.8. The highest BCUT2D eigenvalue weighted by molar-refractivity contribution is 4.77. The number of rotatable bonds is 4. The van der Waals surface area contributed by atoms with Gasteiger partial charge >= 0.3 is 0 Å². The maximum atomic E-state index is 3.55. The molecule has 72 valence electrons. The lowest BCUT2D eigenvalue weighted by Crippen LogP contribution is -2.23. The van der Waals surface area contributed by atoms with Gasteiger partial charge in [0.15, 0.2) is 0 Å². The van der Waals surface area contributed by atoms with Crippen molar-refractivity contribution in [2.75, 3.05) is 6.54 Å². The highest BCUT2D eigenvalue weighted by Crippen LogP contribution is 2.28. The van der Waals surface area contributed by atoms with Gasteiger partial charge in [0.2, 0.25) is 0 Å². The maximum Gasteiger partial charge on any atom is 0.00677 e. The molecule has 1 aliphatic rings. The summed E-state index contributed by atoms with van der Waals surface area (Å²) in [4.78, 5) is 0. The Balaban J connectivity index is 2.15. The van der Waals surface area contributed by atoms with Gasteiger partial charge in [0, 0.05) is 6.04 Å². The molecule has 1 aliphatic heterocycles. The van der Waals surface area contributed by atoms with Gasteiger partial charge in [-0.3, -0.25) is 0 Å². The summed E-state index contributed by atoms with van der Waals surface area (Å²) < 4.78 is 0. The molecular formula is C11H23N. The van der Waals surface area contributed by atoms with Gasteiger partial charge in [0.05, 0.1) is 0 Å². The SMILES string of the molecule is CCC(C)(C)CCC1CCCN1. The Labute approximate surface area is 76.9 Å². The molecule has 1 unspecified atom stereocenters. The van der Waals surface area contributed by atoms with Crippen molar-refractivity contribution in [2.45, 2.75) is 58.9 Å². The summed E-state index contributed by atoms with van der Waals surface area (Å²) in [5, 5.41) is 3.55. The van der Waals surface area contributed by atoms with Crippen LogP contribution in [0.15, 0.2) is 0 Å². The van der Waals surface area contributed by atoms with E-state index in [9.17, 15) is 0 Å². The molecule has 0 radical (unpaired) electrons. The molecule has 1 N–H and O–H groups in total. The molecule has 1 heterocycles. The molecule has 0 aromatic carbocycles. The van der Waals surface area contributed by atoms with Crippen molar-refractivity contribution in [1.82, 2.24) is 5.32 Å². The highest BCUT2D eigenvalue weighted by atomic mass is 14.9. The van der Waals surface area contributed by atoms with E-state index in [2.05, 4.69) is 26.1 Å². The minimum Gasteiger partial charge on any atom is -0.314 e. The van der Waals surface area contributed by atoms with Gasteiger partial charge < -0.3 is 5.32 Å². The average Bonchev–Trinajstić information content (AvgIpc) is 2.53. The molecule has 1 nitrogen and oxygen atoms in total. The lowest BCUT2D eigenvalue weighted by molar-refractivity contribution is 0.296. The average molecular weight is 169 g/mol. The molecule has 0 aliphatic carbocycles. The van der Waals surface area contributed by atoms with Gasteiger partial charge in [-0.1, -0.05) is 27.2 Å². The maximum absolute atomic E-state index is 3.55. The first-order valence-electron chi connectivity index (χ1n) is 5.37. The molecular weight excluding hydrogens is 146 g/mol. The zero-order chi connectivity index (χ0) is 9.03. The van der Waals surface area contributed by atoms with Crippen LogP contribution in [0, 0.1) is 5.41 Å². The fourth-order valence-corrected chi connectivity index (χ4v) is 1.74. The first-order valence-corrected chi connectivity index (χ1v) is 5.37. The second-order valence-electron chi connectivity index (χ2n) is 4.85. The molecule has 1 fully saturated rings. The van der Waals surface area contributed by atoms with Crippen LogP contribution in [0.4, 0.5) is 0 Å². The Morgan fingerprint density at radius 3 is 2.67 bits per heavy atom. The third kappa shape index (κ3) is 3.14. The second-order valence-corrected chi connectivity index (χ2v) is 4.85. The fourth-order valence-electron chi connectivity index (χ4n) is 1.74. The van der Waals surface area contributed by atoms with Crippen LogP contribution in [-0.4, -0.2) is 12.6 Å². The van der Waals surface area contributed by atoms with Crippen molar-refractivity contribution in [3.63, 3.8) is 0 Å². The van der Waals surface area contributed by atoms with E-state index in [-0.39, 0.29) is 0 Å². The van der Waals surface area contributed by atoms with E-state index in [1.165, 1.54) is 38.6 Å². The predicted molar refractivity (Wildman–Crippen MR) is 54.3 cm³/mol. The van der Waals surface area contributed by atoms with Crippen LogP contribution >= 0.6 is 0 Å². The number of hydrogen-bond acceptors (Lipinski definition) is 1. The highest BCUT2D eigenvalue weighted by Gasteiger charge is 2.19. The van der Waals surface area contributed by atoms with Crippen molar-refractivity contribution < 1.29 is 0 Å². The Kier molecular flexibility index (Phi) is 3.57. The van der Waals surface area contributed by atoms with Crippen molar-refractivity contribution in [2.24, 2.45) is 5.41 Å². The van der Waals surface area contributed by atoms with Crippen LogP contribution in [0.1, 0.15) is 52.9 Å². The summed E-state index contributed by atoms with van der Waals surface area (Å²) >= 11 is 0. The van der Waals surface area contributed by atoms with Crippen LogP contribution < -0.4 is 5.32 Å². The topological polar surface area (TPSA) is 12.0 Å². The molecule has 1 atom stereocenters. The van der Waals surface area contributed by atoms with Crippen LogP contribution in [0.3, 0.4) is 0 Å². The lowest BCUT2D eigenvalue weighted by Gasteiger charge is -2.24. The van der Waals surface area contributed by atoms with E-state index in [1.54, 1.807) is 0 Å². The summed E-state index contributed by atoms with van der Waals surface area (Å²) in [6, 6.07) is 0.829. The molecule has 0 amide bonds. The minimum absolute atomic E-state index is 0.560. The summed E-state index contributed by atoms with van der Waals surface area (Å²) in [6.45, 7) is 8.29. The van der Waals surface area contributed by atoms with Crippen LogP contribution in [0.2, 0.25) is 0 Å². The van der Waals surface area contributed by atoms with E-state index in [0.29, 0.717) is 5.41 Å². The lowest BCUT2D eigenvalue weighted by atomic mass is 9.84. The van der Waals surface area contributed by atoms with Crippen molar-refractivity contribution in [3.8, 4) is 0 Å². The van der Waals surface area contributed by atoms with Gasteiger partial charge in [-0.2, -0.15) is 0 Å². The minimum atomic E-state index is 0.560. The molecule has 12 heavy (non-hydrogen) atoms. The zero-order valence-corrected chi connectivity index (χ0v) is 8.82. The first-order chi connectivity index (χ1) is 5.64.